The zero-order valence-electron chi connectivity index (χ0n) is 15.9. The average molecular weight is 332 g/mol. The molecule has 2 unspecified atom stereocenters. The summed E-state index contributed by atoms with van der Waals surface area (Å²) in [6, 6.07) is 0.794. The molecule has 1 saturated heterocycles. The molecule has 0 N–H and O–H groups in total. The first-order chi connectivity index (χ1) is 11.7. The lowest BCUT2D eigenvalue weighted by Crippen LogP contribution is -2.41. The molecule has 24 heavy (non-hydrogen) atoms. The minimum Gasteiger partial charge on any atom is -0.372 e. The fourth-order valence-electron chi connectivity index (χ4n) is 4.93. The Morgan fingerprint density at radius 2 is 2.00 bits per heavy atom. The molecule has 2 nitrogen and oxygen atoms in total. The average Bonchev–Trinajstić information content (AvgIpc) is 2.63. The highest BCUT2D eigenvalue weighted by Gasteiger charge is 2.30. The molecule has 0 aromatic rings. The van der Waals surface area contributed by atoms with Crippen LogP contribution in [0.25, 0.3) is 0 Å². The minimum atomic E-state index is 0.297. The summed E-state index contributed by atoms with van der Waals surface area (Å²) in [5.41, 5.74) is 2.01. The molecule has 0 aromatic heterocycles. The highest BCUT2D eigenvalue weighted by Crippen LogP contribution is 2.43. The third-order valence-corrected chi connectivity index (χ3v) is 6.65. The maximum atomic E-state index is 6.17. The molecule has 136 valence electrons. The van der Waals surface area contributed by atoms with Gasteiger partial charge in [-0.1, -0.05) is 57.8 Å². The molecule has 0 bridgehead atoms. The van der Waals surface area contributed by atoms with Crippen LogP contribution in [-0.4, -0.2) is 36.7 Å². The van der Waals surface area contributed by atoms with Gasteiger partial charge in [-0.15, -0.1) is 0 Å². The van der Waals surface area contributed by atoms with Gasteiger partial charge in [-0.25, -0.2) is 0 Å². The highest BCUT2D eigenvalue weighted by atomic mass is 16.5. The van der Waals surface area contributed by atoms with Crippen LogP contribution in [0, 0.1) is 5.41 Å². The van der Waals surface area contributed by atoms with Crippen molar-refractivity contribution in [1.29, 1.82) is 0 Å². The lowest BCUT2D eigenvalue weighted by molar-refractivity contribution is 0.0439. The molecule has 3 aliphatic rings. The van der Waals surface area contributed by atoms with E-state index in [9.17, 15) is 0 Å². The smallest absolute Gasteiger partial charge is 0.0794 e. The van der Waals surface area contributed by atoms with Crippen LogP contribution >= 0.6 is 0 Å². The second-order valence-electron chi connectivity index (χ2n) is 8.38. The molecule has 2 aliphatic carbocycles. The molecule has 2 heteroatoms. The Morgan fingerprint density at radius 1 is 1.17 bits per heavy atom. The number of nitrogens with zero attached hydrogens (tertiary/aromatic N) is 1. The lowest BCUT2D eigenvalue weighted by atomic mass is 9.69. The van der Waals surface area contributed by atoms with Crippen molar-refractivity contribution in [2.24, 2.45) is 5.41 Å². The van der Waals surface area contributed by atoms with Crippen molar-refractivity contribution in [2.45, 2.75) is 90.2 Å². The Kier molecular flexibility index (Phi) is 6.57. The van der Waals surface area contributed by atoms with E-state index in [1.165, 1.54) is 64.3 Å². The van der Waals surface area contributed by atoms with E-state index in [-0.39, 0.29) is 0 Å². The van der Waals surface area contributed by atoms with Crippen molar-refractivity contribution >= 4 is 0 Å². The van der Waals surface area contributed by atoms with Gasteiger partial charge in [0.15, 0.2) is 0 Å². The molecule has 0 aromatic carbocycles. The van der Waals surface area contributed by atoms with E-state index in [4.69, 9.17) is 4.74 Å². The normalized spacial score (nSPS) is 31.0. The SMILES string of the molecule is CCC1CCCCN1CCOC1C=CC(C2(C)CCCCC2)=CC1. The molecule has 1 aliphatic heterocycles. The van der Waals surface area contributed by atoms with Crippen LogP contribution in [0.4, 0.5) is 0 Å². The van der Waals surface area contributed by atoms with Crippen LogP contribution in [0.5, 0.6) is 0 Å². The maximum Gasteiger partial charge on any atom is 0.0794 e. The Hall–Kier alpha value is -0.600. The highest BCUT2D eigenvalue weighted by molar-refractivity contribution is 5.31. The monoisotopic (exact) mass is 331 g/mol. The van der Waals surface area contributed by atoms with Gasteiger partial charge in [0.25, 0.3) is 0 Å². The zero-order chi connectivity index (χ0) is 16.8. The van der Waals surface area contributed by atoms with Crippen molar-refractivity contribution in [3.05, 3.63) is 23.8 Å². The second-order valence-corrected chi connectivity index (χ2v) is 8.38. The zero-order valence-corrected chi connectivity index (χ0v) is 15.9. The summed E-state index contributed by atoms with van der Waals surface area (Å²) in [6.45, 7) is 8.05. The van der Waals surface area contributed by atoms with Gasteiger partial charge in [0.2, 0.25) is 0 Å². The molecular weight excluding hydrogens is 294 g/mol. The van der Waals surface area contributed by atoms with E-state index in [2.05, 4.69) is 37.0 Å². The van der Waals surface area contributed by atoms with Crippen molar-refractivity contribution in [3.8, 4) is 0 Å². The van der Waals surface area contributed by atoms with Gasteiger partial charge in [0.1, 0.15) is 0 Å². The van der Waals surface area contributed by atoms with Crippen molar-refractivity contribution in [3.63, 3.8) is 0 Å². The van der Waals surface area contributed by atoms with E-state index in [0.29, 0.717) is 11.5 Å². The summed E-state index contributed by atoms with van der Waals surface area (Å²) in [6.07, 6.45) is 20.9. The quantitative estimate of drug-likeness (QED) is 0.638. The van der Waals surface area contributed by atoms with E-state index in [1.54, 1.807) is 5.57 Å². The topological polar surface area (TPSA) is 12.5 Å². The molecule has 0 radical (unpaired) electrons. The number of rotatable bonds is 6. The molecule has 0 amide bonds. The Morgan fingerprint density at radius 3 is 2.71 bits per heavy atom. The summed E-state index contributed by atoms with van der Waals surface area (Å²) in [7, 11) is 0. The number of ether oxygens (including phenoxy) is 1. The van der Waals surface area contributed by atoms with Crippen LogP contribution in [0.15, 0.2) is 23.8 Å². The van der Waals surface area contributed by atoms with Gasteiger partial charge in [-0.05, 0) is 56.1 Å². The van der Waals surface area contributed by atoms with E-state index in [1.807, 2.05) is 0 Å². The Balaban J connectivity index is 1.41. The fraction of sp³-hybridized carbons (Fsp3) is 0.818. The number of hydrogen-bond donors (Lipinski definition) is 0. The van der Waals surface area contributed by atoms with E-state index in [0.717, 1.165) is 25.6 Å². The summed E-state index contributed by atoms with van der Waals surface area (Å²) in [5.74, 6) is 0. The molecule has 1 saturated carbocycles. The van der Waals surface area contributed by atoms with E-state index < -0.39 is 0 Å². The molecular formula is C22H37NO. The summed E-state index contributed by atoms with van der Waals surface area (Å²) >= 11 is 0. The van der Waals surface area contributed by atoms with Crippen molar-refractivity contribution in [1.82, 2.24) is 4.90 Å². The standard InChI is InChI=1S/C22H37NO/c1-3-20-9-5-8-16-23(20)17-18-24-21-12-10-19(11-13-21)22(2)14-6-4-7-15-22/h10-12,20-21H,3-9,13-18H2,1-2H3. The largest absolute Gasteiger partial charge is 0.372 e. The fourth-order valence-corrected chi connectivity index (χ4v) is 4.93. The first kappa shape index (κ1) is 18.2. The van der Waals surface area contributed by atoms with Crippen LogP contribution < -0.4 is 0 Å². The van der Waals surface area contributed by atoms with Crippen LogP contribution in [0.3, 0.4) is 0 Å². The van der Waals surface area contributed by atoms with Gasteiger partial charge in [0, 0.05) is 12.6 Å². The summed E-state index contributed by atoms with van der Waals surface area (Å²) < 4.78 is 6.17. The molecule has 2 fully saturated rings. The van der Waals surface area contributed by atoms with Gasteiger partial charge >= 0.3 is 0 Å². The number of piperidine rings is 1. The Bertz CT molecular complexity index is 447. The van der Waals surface area contributed by atoms with Crippen LogP contribution in [0.2, 0.25) is 0 Å². The number of hydrogen-bond acceptors (Lipinski definition) is 2. The van der Waals surface area contributed by atoms with Crippen molar-refractivity contribution < 1.29 is 4.74 Å². The Labute approximate surface area is 149 Å². The van der Waals surface area contributed by atoms with Crippen LogP contribution in [-0.2, 0) is 4.74 Å². The van der Waals surface area contributed by atoms with Gasteiger partial charge < -0.3 is 4.74 Å². The number of likely N-dealkylation sites (tertiary alicyclic amines) is 1. The van der Waals surface area contributed by atoms with Crippen molar-refractivity contribution in [2.75, 3.05) is 19.7 Å². The van der Waals surface area contributed by atoms with E-state index >= 15 is 0 Å². The molecule has 2 atom stereocenters. The van der Waals surface area contributed by atoms with Gasteiger partial charge in [0.05, 0.1) is 12.7 Å². The molecule has 3 rings (SSSR count). The van der Waals surface area contributed by atoms with Crippen LogP contribution in [0.1, 0.15) is 78.1 Å². The maximum absolute atomic E-state index is 6.17. The molecule has 1 heterocycles. The predicted octanol–water partition coefficient (Wildman–Crippen LogP) is 5.49. The lowest BCUT2D eigenvalue weighted by Gasteiger charge is -2.37. The summed E-state index contributed by atoms with van der Waals surface area (Å²) in [4.78, 5) is 2.65. The minimum absolute atomic E-state index is 0.297. The molecule has 0 spiro atoms. The predicted molar refractivity (Wildman–Crippen MR) is 102 cm³/mol. The summed E-state index contributed by atoms with van der Waals surface area (Å²) in [5, 5.41) is 0. The van der Waals surface area contributed by atoms with Gasteiger partial charge in [-0.3, -0.25) is 4.90 Å². The van der Waals surface area contributed by atoms with Gasteiger partial charge in [-0.2, -0.15) is 0 Å². The second kappa shape index (κ2) is 8.67. The first-order valence-electron chi connectivity index (χ1n) is 10.5. The third-order valence-electron chi connectivity index (χ3n) is 6.65. The first-order valence-corrected chi connectivity index (χ1v) is 10.5. The third kappa shape index (κ3) is 4.52. The number of allylic oxidation sites excluding steroid dienone is 2.